The predicted molar refractivity (Wildman–Crippen MR) is 60.5 cm³/mol. The molecule has 0 aliphatic rings. The van der Waals surface area contributed by atoms with Crippen molar-refractivity contribution in [2.45, 2.75) is 26.3 Å². The first-order valence-electron chi connectivity index (χ1n) is 5.02. The highest BCUT2D eigenvalue weighted by molar-refractivity contribution is 6.17. The number of rotatable bonds is 7. The zero-order chi connectivity index (χ0) is 10.3. The van der Waals surface area contributed by atoms with Gasteiger partial charge in [0, 0.05) is 25.0 Å². The minimum atomic E-state index is 0.567. The first-order valence-corrected chi connectivity index (χ1v) is 5.55. The first-order chi connectivity index (χ1) is 6.07. The molecule has 1 N–H and O–H groups in total. The summed E-state index contributed by atoms with van der Waals surface area (Å²) in [6.07, 6.45) is 1.06. The molecule has 0 saturated carbocycles. The van der Waals surface area contributed by atoms with E-state index in [0.717, 1.165) is 25.4 Å². The van der Waals surface area contributed by atoms with Crippen molar-refractivity contribution in [2.24, 2.45) is 5.92 Å². The molecular weight excluding hydrogens is 184 g/mol. The number of likely N-dealkylation sites (N-methyl/N-ethyl adjacent to an activating group) is 1. The van der Waals surface area contributed by atoms with Crippen molar-refractivity contribution in [1.82, 2.24) is 10.2 Å². The van der Waals surface area contributed by atoms with Crippen molar-refractivity contribution in [3.63, 3.8) is 0 Å². The standard InChI is InChI=1S/C10H23ClN2/c1-9(2)10(5-6-11)12-7-8-13(3)4/h9-10,12H,5-8H2,1-4H3. The smallest absolute Gasteiger partial charge is 0.0238 e. The number of halogens is 1. The zero-order valence-corrected chi connectivity index (χ0v) is 10.1. The average molecular weight is 207 g/mol. The third-order valence-electron chi connectivity index (χ3n) is 2.19. The molecule has 0 saturated heterocycles. The fourth-order valence-electron chi connectivity index (χ4n) is 1.26. The molecule has 0 amide bonds. The maximum absolute atomic E-state index is 5.73. The van der Waals surface area contributed by atoms with Crippen LogP contribution in [0.1, 0.15) is 20.3 Å². The second-order valence-electron chi connectivity index (χ2n) is 4.09. The molecule has 3 heteroatoms. The maximum Gasteiger partial charge on any atom is 0.0238 e. The van der Waals surface area contributed by atoms with Crippen LogP contribution in [0.3, 0.4) is 0 Å². The summed E-state index contributed by atoms with van der Waals surface area (Å²) >= 11 is 5.73. The maximum atomic E-state index is 5.73. The Morgan fingerprint density at radius 1 is 1.31 bits per heavy atom. The molecular formula is C10H23ClN2. The lowest BCUT2D eigenvalue weighted by atomic mass is 10.0. The van der Waals surface area contributed by atoms with Crippen molar-refractivity contribution >= 4 is 11.6 Å². The van der Waals surface area contributed by atoms with Gasteiger partial charge in [-0.3, -0.25) is 0 Å². The van der Waals surface area contributed by atoms with Gasteiger partial charge in [-0.05, 0) is 26.4 Å². The van der Waals surface area contributed by atoms with Crippen LogP contribution < -0.4 is 5.32 Å². The Hall–Kier alpha value is 0.210. The van der Waals surface area contributed by atoms with E-state index >= 15 is 0 Å². The van der Waals surface area contributed by atoms with Crippen LogP contribution in [-0.2, 0) is 0 Å². The molecule has 0 bridgehead atoms. The fourth-order valence-corrected chi connectivity index (χ4v) is 1.50. The van der Waals surface area contributed by atoms with E-state index in [4.69, 9.17) is 11.6 Å². The van der Waals surface area contributed by atoms with E-state index in [2.05, 4.69) is 38.2 Å². The van der Waals surface area contributed by atoms with Gasteiger partial charge >= 0.3 is 0 Å². The van der Waals surface area contributed by atoms with E-state index in [1.807, 2.05) is 0 Å². The Balaban J connectivity index is 3.57. The van der Waals surface area contributed by atoms with Gasteiger partial charge in [-0.1, -0.05) is 13.8 Å². The summed E-state index contributed by atoms with van der Waals surface area (Å²) in [5, 5.41) is 3.53. The Morgan fingerprint density at radius 2 is 1.92 bits per heavy atom. The molecule has 0 rings (SSSR count). The quantitative estimate of drug-likeness (QED) is 0.640. The minimum absolute atomic E-state index is 0.567. The Bertz CT molecular complexity index is 115. The summed E-state index contributed by atoms with van der Waals surface area (Å²) in [6, 6.07) is 0.567. The normalized spacial score (nSPS) is 14.1. The molecule has 80 valence electrons. The second-order valence-corrected chi connectivity index (χ2v) is 4.46. The van der Waals surface area contributed by atoms with Crippen LogP contribution in [0.25, 0.3) is 0 Å². The van der Waals surface area contributed by atoms with E-state index in [0.29, 0.717) is 12.0 Å². The van der Waals surface area contributed by atoms with E-state index in [1.165, 1.54) is 0 Å². The second kappa shape index (κ2) is 7.60. The van der Waals surface area contributed by atoms with E-state index < -0.39 is 0 Å². The Kier molecular flexibility index (Phi) is 7.72. The van der Waals surface area contributed by atoms with Crippen molar-refractivity contribution < 1.29 is 0 Å². The van der Waals surface area contributed by atoms with Gasteiger partial charge in [0.25, 0.3) is 0 Å². The first kappa shape index (κ1) is 13.2. The van der Waals surface area contributed by atoms with Gasteiger partial charge in [0.05, 0.1) is 0 Å². The van der Waals surface area contributed by atoms with Crippen LogP contribution in [0.4, 0.5) is 0 Å². The molecule has 1 unspecified atom stereocenters. The van der Waals surface area contributed by atoms with Gasteiger partial charge in [-0.15, -0.1) is 11.6 Å². The minimum Gasteiger partial charge on any atom is -0.312 e. The van der Waals surface area contributed by atoms with Gasteiger partial charge in [-0.25, -0.2) is 0 Å². The van der Waals surface area contributed by atoms with Crippen LogP contribution in [0.15, 0.2) is 0 Å². The Morgan fingerprint density at radius 3 is 2.31 bits per heavy atom. The summed E-state index contributed by atoms with van der Waals surface area (Å²) in [5.41, 5.74) is 0. The lowest BCUT2D eigenvalue weighted by Crippen LogP contribution is -2.38. The number of alkyl halides is 1. The molecule has 0 heterocycles. The van der Waals surface area contributed by atoms with Crippen LogP contribution in [-0.4, -0.2) is 44.0 Å². The van der Waals surface area contributed by atoms with Gasteiger partial charge in [-0.2, -0.15) is 0 Å². The topological polar surface area (TPSA) is 15.3 Å². The summed E-state index contributed by atoms with van der Waals surface area (Å²) < 4.78 is 0. The molecule has 0 aromatic rings. The van der Waals surface area contributed by atoms with Gasteiger partial charge in [0.1, 0.15) is 0 Å². The fraction of sp³-hybridized carbons (Fsp3) is 1.00. The third kappa shape index (κ3) is 7.29. The SMILES string of the molecule is CC(C)C(CCCl)NCCN(C)C. The number of nitrogens with one attached hydrogen (secondary N) is 1. The average Bonchev–Trinajstić information content (AvgIpc) is 2.02. The van der Waals surface area contributed by atoms with Crippen molar-refractivity contribution in [3.8, 4) is 0 Å². The van der Waals surface area contributed by atoms with Gasteiger partial charge in [0.2, 0.25) is 0 Å². The lowest BCUT2D eigenvalue weighted by molar-refractivity contribution is 0.345. The van der Waals surface area contributed by atoms with Gasteiger partial charge in [0.15, 0.2) is 0 Å². The number of nitrogens with zero attached hydrogens (tertiary/aromatic N) is 1. The monoisotopic (exact) mass is 206 g/mol. The molecule has 0 aliphatic heterocycles. The largest absolute Gasteiger partial charge is 0.312 e. The Labute approximate surface area is 87.6 Å². The van der Waals surface area contributed by atoms with Crippen molar-refractivity contribution in [1.29, 1.82) is 0 Å². The van der Waals surface area contributed by atoms with E-state index in [9.17, 15) is 0 Å². The molecule has 13 heavy (non-hydrogen) atoms. The lowest BCUT2D eigenvalue weighted by Gasteiger charge is -2.22. The summed E-state index contributed by atoms with van der Waals surface area (Å²) in [5.74, 6) is 1.42. The summed E-state index contributed by atoms with van der Waals surface area (Å²) in [4.78, 5) is 2.19. The van der Waals surface area contributed by atoms with Crippen molar-refractivity contribution in [2.75, 3.05) is 33.1 Å². The van der Waals surface area contributed by atoms with E-state index in [1.54, 1.807) is 0 Å². The molecule has 2 nitrogen and oxygen atoms in total. The van der Waals surface area contributed by atoms with Crippen LogP contribution in [0.5, 0.6) is 0 Å². The zero-order valence-electron chi connectivity index (χ0n) is 9.31. The molecule has 0 spiro atoms. The highest BCUT2D eigenvalue weighted by Crippen LogP contribution is 2.06. The highest BCUT2D eigenvalue weighted by Gasteiger charge is 2.10. The van der Waals surface area contributed by atoms with Crippen LogP contribution in [0, 0.1) is 5.92 Å². The highest BCUT2D eigenvalue weighted by atomic mass is 35.5. The van der Waals surface area contributed by atoms with Crippen LogP contribution >= 0.6 is 11.6 Å². The van der Waals surface area contributed by atoms with E-state index in [-0.39, 0.29) is 0 Å². The van der Waals surface area contributed by atoms with Crippen molar-refractivity contribution in [3.05, 3.63) is 0 Å². The molecule has 0 aromatic heterocycles. The third-order valence-corrected chi connectivity index (χ3v) is 2.41. The number of hydrogen-bond donors (Lipinski definition) is 1. The molecule has 0 fully saturated rings. The van der Waals surface area contributed by atoms with Gasteiger partial charge < -0.3 is 10.2 Å². The molecule has 1 atom stereocenters. The molecule has 0 aromatic carbocycles. The molecule has 0 radical (unpaired) electrons. The number of hydrogen-bond acceptors (Lipinski definition) is 2. The molecule has 0 aliphatic carbocycles. The van der Waals surface area contributed by atoms with Crippen LogP contribution in [0.2, 0.25) is 0 Å². The predicted octanol–water partition coefficient (Wildman–Crippen LogP) is 1.79. The summed E-state index contributed by atoms with van der Waals surface area (Å²) in [7, 11) is 4.18. The summed E-state index contributed by atoms with van der Waals surface area (Å²) in [6.45, 7) is 6.61.